The van der Waals surface area contributed by atoms with Gasteiger partial charge in [-0.25, -0.2) is 0 Å². The molecule has 0 aromatic heterocycles. The van der Waals surface area contributed by atoms with E-state index in [9.17, 15) is 0 Å². The highest BCUT2D eigenvalue weighted by atomic mass is 16.5. The Morgan fingerprint density at radius 2 is 1.47 bits per heavy atom. The molecule has 1 nitrogen and oxygen atoms in total. The molecule has 0 aromatic rings. The Labute approximate surface area is 107 Å². The summed E-state index contributed by atoms with van der Waals surface area (Å²) in [5.74, 6) is 1.91. The van der Waals surface area contributed by atoms with Crippen molar-refractivity contribution in [1.82, 2.24) is 0 Å². The van der Waals surface area contributed by atoms with Gasteiger partial charge in [-0.15, -0.1) is 0 Å². The Bertz CT molecular complexity index is 188. The normalized spacial score (nSPS) is 31.6. The Morgan fingerprint density at radius 3 is 2.12 bits per heavy atom. The summed E-state index contributed by atoms with van der Waals surface area (Å²) in [7, 11) is 0. The minimum Gasteiger partial charge on any atom is -0.378 e. The molecular weight excluding hydrogens is 208 g/mol. The maximum absolute atomic E-state index is 6.12. The lowest BCUT2D eigenvalue weighted by Crippen LogP contribution is -2.23. The topological polar surface area (TPSA) is 9.23 Å². The van der Waals surface area contributed by atoms with E-state index in [4.69, 9.17) is 4.74 Å². The van der Waals surface area contributed by atoms with Crippen LogP contribution in [0, 0.1) is 11.8 Å². The van der Waals surface area contributed by atoms with Crippen molar-refractivity contribution in [2.24, 2.45) is 11.8 Å². The maximum atomic E-state index is 6.12. The first kappa shape index (κ1) is 13.4. The largest absolute Gasteiger partial charge is 0.378 e. The van der Waals surface area contributed by atoms with Crippen LogP contribution >= 0.6 is 0 Å². The average Bonchev–Trinajstić information content (AvgIpc) is 2.40. The highest BCUT2D eigenvalue weighted by molar-refractivity contribution is 4.73. The van der Waals surface area contributed by atoms with E-state index in [0.717, 1.165) is 18.4 Å². The Balaban J connectivity index is 1.57. The predicted octanol–water partition coefficient (Wildman–Crippen LogP) is 4.94. The van der Waals surface area contributed by atoms with Gasteiger partial charge < -0.3 is 4.74 Å². The van der Waals surface area contributed by atoms with E-state index in [-0.39, 0.29) is 0 Å². The van der Waals surface area contributed by atoms with Crippen molar-refractivity contribution in [3.8, 4) is 0 Å². The fourth-order valence-corrected chi connectivity index (χ4v) is 3.60. The molecule has 0 amide bonds. The summed E-state index contributed by atoms with van der Waals surface area (Å²) < 4.78 is 6.12. The quantitative estimate of drug-likeness (QED) is 0.659. The summed E-state index contributed by atoms with van der Waals surface area (Å²) in [6.45, 7) is 3.38. The molecule has 0 bridgehead atoms. The highest BCUT2D eigenvalue weighted by Gasteiger charge is 2.22. The lowest BCUT2D eigenvalue weighted by molar-refractivity contribution is -0.00201. The van der Waals surface area contributed by atoms with Crippen LogP contribution in [0.25, 0.3) is 0 Å². The summed E-state index contributed by atoms with van der Waals surface area (Å²) in [5, 5.41) is 0. The van der Waals surface area contributed by atoms with Gasteiger partial charge in [0.1, 0.15) is 0 Å². The van der Waals surface area contributed by atoms with E-state index in [2.05, 4.69) is 6.92 Å². The van der Waals surface area contributed by atoms with Crippen LogP contribution < -0.4 is 0 Å². The molecule has 0 saturated heterocycles. The van der Waals surface area contributed by atoms with Gasteiger partial charge in [-0.3, -0.25) is 0 Å². The van der Waals surface area contributed by atoms with Crippen molar-refractivity contribution >= 4 is 0 Å². The lowest BCUT2D eigenvalue weighted by atomic mass is 9.80. The van der Waals surface area contributed by atoms with Crippen molar-refractivity contribution in [3.63, 3.8) is 0 Å². The first-order valence-electron chi connectivity index (χ1n) is 8.00. The van der Waals surface area contributed by atoms with E-state index in [0.29, 0.717) is 6.10 Å². The molecule has 0 atom stereocenters. The van der Waals surface area contributed by atoms with E-state index in [1.165, 1.54) is 70.6 Å². The second kappa shape index (κ2) is 7.41. The molecule has 0 heterocycles. The second-order valence-corrected chi connectivity index (χ2v) is 6.27. The highest BCUT2D eigenvalue weighted by Crippen LogP contribution is 2.32. The van der Waals surface area contributed by atoms with E-state index < -0.39 is 0 Å². The van der Waals surface area contributed by atoms with Crippen LogP contribution in [0.15, 0.2) is 0 Å². The van der Waals surface area contributed by atoms with Gasteiger partial charge in [-0.2, -0.15) is 0 Å². The standard InChI is InChI=1S/C16H30O/c1-2-6-14-9-11-15(12-10-14)13-17-16-7-4-3-5-8-16/h14-16H,2-13H2,1H3. The van der Waals surface area contributed by atoms with Crippen molar-refractivity contribution < 1.29 is 4.74 Å². The number of rotatable bonds is 5. The van der Waals surface area contributed by atoms with Crippen molar-refractivity contribution in [3.05, 3.63) is 0 Å². The van der Waals surface area contributed by atoms with Crippen LogP contribution in [0.1, 0.15) is 77.6 Å². The van der Waals surface area contributed by atoms with Gasteiger partial charge >= 0.3 is 0 Å². The third kappa shape index (κ3) is 4.62. The molecule has 0 spiro atoms. The van der Waals surface area contributed by atoms with E-state index in [1.54, 1.807) is 0 Å². The molecular formula is C16H30O. The number of hydrogen-bond donors (Lipinski definition) is 0. The summed E-state index contributed by atoms with van der Waals surface area (Å²) in [4.78, 5) is 0. The van der Waals surface area contributed by atoms with Gasteiger partial charge in [-0.1, -0.05) is 51.9 Å². The third-order valence-electron chi connectivity index (χ3n) is 4.78. The monoisotopic (exact) mass is 238 g/mol. The molecule has 2 rings (SSSR count). The molecule has 100 valence electrons. The Hall–Kier alpha value is -0.0400. The van der Waals surface area contributed by atoms with Gasteiger partial charge in [0.25, 0.3) is 0 Å². The van der Waals surface area contributed by atoms with Crippen molar-refractivity contribution in [2.75, 3.05) is 6.61 Å². The summed E-state index contributed by atoms with van der Waals surface area (Å²) in [5.41, 5.74) is 0. The summed E-state index contributed by atoms with van der Waals surface area (Å²) >= 11 is 0. The van der Waals surface area contributed by atoms with Crippen LogP contribution in [0.3, 0.4) is 0 Å². The molecule has 2 saturated carbocycles. The average molecular weight is 238 g/mol. The molecule has 0 unspecified atom stereocenters. The minimum absolute atomic E-state index is 0.608. The van der Waals surface area contributed by atoms with Crippen molar-refractivity contribution in [2.45, 2.75) is 83.7 Å². The molecule has 17 heavy (non-hydrogen) atoms. The fourth-order valence-electron chi connectivity index (χ4n) is 3.60. The van der Waals surface area contributed by atoms with E-state index in [1.807, 2.05) is 0 Å². The Kier molecular flexibility index (Phi) is 5.84. The second-order valence-electron chi connectivity index (χ2n) is 6.27. The van der Waals surface area contributed by atoms with Gasteiger partial charge in [0.05, 0.1) is 6.10 Å². The van der Waals surface area contributed by atoms with Gasteiger partial charge in [-0.05, 0) is 37.5 Å². The van der Waals surface area contributed by atoms with Crippen LogP contribution in [-0.4, -0.2) is 12.7 Å². The van der Waals surface area contributed by atoms with Gasteiger partial charge in [0.15, 0.2) is 0 Å². The number of hydrogen-bond acceptors (Lipinski definition) is 1. The van der Waals surface area contributed by atoms with Crippen LogP contribution in [0.5, 0.6) is 0 Å². The maximum Gasteiger partial charge on any atom is 0.0575 e. The van der Waals surface area contributed by atoms with Crippen LogP contribution in [0.4, 0.5) is 0 Å². The first-order valence-corrected chi connectivity index (χ1v) is 8.00. The van der Waals surface area contributed by atoms with Crippen molar-refractivity contribution in [1.29, 1.82) is 0 Å². The molecule has 2 aliphatic rings. The van der Waals surface area contributed by atoms with Crippen LogP contribution in [-0.2, 0) is 4.74 Å². The third-order valence-corrected chi connectivity index (χ3v) is 4.78. The lowest BCUT2D eigenvalue weighted by Gasteiger charge is -2.30. The minimum atomic E-state index is 0.608. The zero-order valence-electron chi connectivity index (χ0n) is 11.6. The molecule has 0 aliphatic heterocycles. The molecule has 2 fully saturated rings. The van der Waals surface area contributed by atoms with Gasteiger partial charge in [0, 0.05) is 6.61 Å². The zero-order chi connectivity index (χ0) is 11.9. The van der Waals surface area contributed by atoms with Crippen LogP contribution in [0.2, 0.25) is 0 Å². The molecule has 0 radical (unpaired) electrons. The summed E-state index contributed by atoms with van der Waals surface area (Å²) in [6, 6.07) is 0. The molecule has 0 aromatic carbocycles. The van der Waals surface area contributed by atoms with Gasteiger partial charge in [0.2, 0.25) is 0 Å². The fraction of sp³-hybridized carbons (Fsp3) is 1.00. The first-order chi connectivity index (χ1) is 8.38. The SMILES string of the molecule is CCCC1CCC(COC2CCCCC2)CC1. The Morgan fingerprint density at radius 1 is 0.824 bits per heavy atom. The number of ether oxygens (including phenoxy) is 1. The zero-order valence-corrected chi connectivity index (χ0v) is 11.6. The molecule has 2 aliphatic carbocycles. The van der Waals surface area contributed by atoms with E-state index >= 15 is 0 Å². The smallest absolute Gasteiger partial charge is 0.0575 e. The molecule has 1 heteroatoms. The molecule has 0 N–H and O–H groups in total. The summed E-state index contributed by atoms with van der Waals surface area (Å²) in [6.07, 6.45) is 16.1. The predicted molar refractivity (Wildman–Crippen MR) is 73.2 cm³/mol.